The zero-order chi connectivity index (χ0) is 13.1. The van der Waals surface area contributed by atoms with Crippen molar-refractivity contribution in [3.63, 3.8) is 0 Å². The Labute approximate surface area is 95.6 Å². The Morgan fingerprint density at radius 3 is 2.06 bits per heavy atom. The van der Waals surface area contributed by atoms with Crippen LogP contribution in [0.4, 0.5) is 22.0 Å². The van der Waals surface area contributed by atoms with E-state index >= 15 is 0 Å². The van der Waals surface area contributed by atoms with Gasteiger partial charge in [0, 0.05) is 6.04 Å². The standard InChI is InChI=1S/C11H12F5N/c1-8(9-5-3-2-4-6-9)17-7-10(12,13)11(14,15)16/h2-6,8,17H,7H2,1H3/t8-/m1/s1. The monoisotopic (exact) mass is 253 g/mol. The van der Waals surface area contributed by atoms with Crippen LogP contribution in [0.5, 0.6) is 0 Å². The quantitative estimate of drug-likeness (QED) is 0.809. The molecule has 1 aromatic carbocycles. The van der Waals surface area contributed by atoms with E-state index in [0.717, 1.165) is 0 Å². The maximum atomic E-state index is 12.6. The summed E-state index contributed by atoms with van der Waals surface area (Å²) in [7, 11) is 0. The Hall–Kier alpha value is -1.17. The lowest BCUT2D eigenvalue weighted by Gasteiger charge is -2.22. The van der Waals surface area contributed by atoms with Crippen LogP contribution in [0.2, 0.25) is 0 Å². The molecule has 0 heterocycles. The van der Waals surface area contributed by atoms with Gasteiger partial charge in [0.2, 0.25) is 0 Å². The number of hydrogen-bond acceptors (Lipinski definition) is 1. The summed E-state index contributed by atoms with van der Waals surface area (Å²) in [5.41, 5.74) is 0.658. The summed E-state index contributed by atoms with van der Waals surface area (Å²) in [4.78, 5) is 0. The number of hydrogen-bond donors (Lipinski definition) is 1. The van der Waals surface area contributed by atoms with Crippen molar-refractivity contribution in [1.82, 2.24) is 5.32 Å². The zero-order valence-corrected chi connectivity index (χ0v) is 9.06. The van der Waals surface area contributed by atoms with Gasteiger partial charge in [0.05, 0.1) is 6.54 Å². The van der Waals surface area contributed by atoms with Crippen LogP contribution in [-0.4, -0.2) is 18.6 Å². The van der Waals surface area contributed by atoms with Gasteiger partial charge in [-0.3, -0.25) is 0 Å². The minimum atomic E-state index is -5.52. The Balaban J connectivity index is 2.58. The van der Waals surface area contributed by atoms with E-state index in [-0.39, 0.29) is 0 Å². The van der Waals surface area contributed by atoms with Crippen molar-refractivity contribution in [2.75, 3.05) is 6.54 Å². The second-order valence-corrected chi connectivity index (χ2v) is 3.72. The van der Waals surface area contributed by atoms with Crippen LogP contribution in [0.1, 0.15) is 18.5 Å². The summed E-state index contributed by atoms with van der Waals surface area (Å²) in [6.07, 6.45) is -5.52. The highest BCUT2D eigenvalue weighted by Gasteiger charge is 2.57. The van der Waals surface area contributed by atoms with Crippen LogP contribution < -0.4 is 5.32 Å². The van der Waals surface area contributed by atoms with E-state index in [1.165, 1.54) is 6.92 Å². The molecule has 0 aliphatic carbocycles. The van der Waals surface area contributed by atoms with E-state index in [9.17, 15) is 22.0 Å². The first kappa shape index (κ1) is 13.9. The average molecular weight is 253 g/mol. The van der Waals surface area contributed by atoms with Crippen molar-refractivity contribution in [3.05, 3.63) is 35.9 Å². The molecular weight excluding hydrogens is 241 g/mol. The van der Waals surface area contributed by atoms with Gasteiger partial charge in [0.15, 0.2) is 0 Å². The van der Waals surface area contributed by atoms with Gasteiger partial charge in [0.1, 0.15) is 0 Å². The molecule has 0 aromatic heterocycles. The normalized spacial score (nSPS) is 14.7. The van der Waals surface area contributed by atoms with Crippen molar-refractivity contribution in [2.45, 2.75) is 25.1 Å². The Morgan fingerprint density at radius 1 is 1.06 bits per heavy atom. The van der Waals surface area contributed by atoms with Crippen molar-refractivity contribution >= 4 is 0 Å². The molecule has 17 heavy (non-hydrogen) atoms. The lowest BCUT2D eigenvalue weighted by Crippen LogP contribution is -2.45. The molecular formula is C11H12F5N. The molecule has 0 amide bonds. The third-order valence-corrected chi connectivity index (χ3v) is 2.34. The highest BCUT2D eigenvalue weighted by molar-refractivity contribution is 5.18. The summed E-state index contributed by atoms with van der Waals surface area (Å²) in [5, 5.41) is 2.18. The van der Waals surface area contributed by atoms with Gasteiger partial charge in [-0.2, -0.15) is 22.0 Å². The zero-order valence-electron chi connectivity index (χ0n) is 9.06. The maximum Gasteiger partial charge on any atom is 0.454 e. The van der Waals surface area contributed by atoms with Crippen molar-refractivity contribution in [2.24, 2.45) is 0 Å². The van der Waals surface area contributed by atoms with Crippen molar-refractivity contribution in [1.29, 1.82) is 0 Å². The number of halogens is 5. The Kier molecular flexibility index (Phi) is 4.08. The molecule has 0 radical (unpaired) electrons. The Bertz CT molecular complexity index is 347. The lowest BCUT2D eigenvalue weighted by molar-refractivity contribution is -0.279. The van der Waals surface area contributed by atoms with Crippen molar-refractivity contribution in [3.8, 4) is 0 Å². The molecule has 1 nitrogen and oxygen atoms in total. The molecule has 0 aliphatic rings. The minimum absolute atomic E-state index is 0.565. The first-order chi connectivity index (χ1) is 7.74. The van der Waals surface area contributed by atoms with Crippen LogP contribution in [0.15, 0.2) is 30.3 Å². The molecule has 0 bridgehead atoms. The van der Waals surface area contributed by atoms with E-state index in [4.69, 9.17) is 0 Å². The van der Waals surface area contributed by atoms with E-state index in [2.05, 4.69) is 5.32 Å². The molecule has 0 spiro atoms. The number of nitrogens with one attached hydrogen (secondary N) is 1. The van der Waals surface area contributed by atoms with Gasteiger partial charge in [-0.25, -0.2) is 0 Å². The molecule has 6 heteroatoms. The van der Waals surface area contributed by atoms with Gasteiger partial charge < -0.3 is 5.32 Å². The second kappa shape index (κ2) is 5.00. The third-order valence-electron chi connectivity index (χ3n) is 2.34. The van der Waals surface area contributed by atoms with Crippen LogP contribution in [0.25, 0.3) is 0 Å². The average Bonchev–Trinajstić information content (AvgIpc) is 2.25. The van der Waals surface area contributed by atoms with E-state index in [1.54, 1.807) is 30.3 Å². The second-order valence-electron chi connectivity index (χ2n) is 3.72. The predicted octanol–water partition coefficient (Wildman–Crippen LogP) is 3.53. The van der Waals surface area contributed by atoms with E-state index < -0.39 is 24.7 Å². The molecule has 0 saturated carbocycles. The molecule has 0 unspecified atom stereocenters. The van der Waals surface area contributed by atoms with Gasteiger partial charge in [-0.05, 0) is 12.5 Å². The molecule has 1 atom stereocenters. The SMILES string of the molecule is C[C@@H](NCC(F)(F)C(F)(F)F)c1ccccc1. The van der Waals surface area contributed by atoms with Gasteiger partial charge in [-0.1, -0.05) is 30.3 Å². The highest BCUT2D eigenvalue weighted by atomic mass is 19.4. The molecule has 0 aliphatic heterocycles. The van der Waals surface area contributed by atoms with Crippen LogP contribution in [-0.2, 0) is 0 Å². The largest absolute Gasteiger partial charge is 0.454 e. The van der Waals surface area contributed by atoms with Crippen LogP contribution in [0.3, 0.4) is 0 Å². The number of alkyl halides is 5. The van der Waals surface area contributed by atoms with Crippen molar-refractivity contribution < 1.29 is 22.0 Å². The van der Waals surface area contributed by atoms with Crippen LogP contribution >= 0.6 is 0 Å². The number of rotatable bonds is 4. The van der Waals surface area contributed by atoms with Gasteiger partial charge in [0.25, 0.3) is 0 Å². The summed E-state index contributed by atoms with van der Waals surface area (Å²) < 4.78 is 60.9. The van der Waals surface area contributed by atoms with E-state index in [0.29, 0.717) is 5.56 Å². The molecule has 0 saturated heterocycles. The number of benzene rings is 1. The fourth-order valence-electron chi connectivity index (χ4n) is 1.24. The third kappa shape index (κ3) is 3.66. The molecule has 96 valence electrons. The van der Waals surface area contributed by atoms with Gasteiger partial charge >= 0.3 is 12.1 Å². The minimum Gasteiger partial charge on any atom is -0.304 e. The Morgan fingerprint density at radius 2 is 1.59 bits per heavy atom. The maximum absolute atomic E-state index is 12.6. The highest BCUT2D eigenvalue weighted by Crippen LogP contribution is 2.35. The van der Waals surface area contributed by atoms with Gasteiger partial charge in [-0.15, -0.1) is 0 Å². The molecule has 1 N–H and O–H groups in total. The first-order valence-electron chi connectivity index (χ1n) is 4.97. The predicted molar refractivity (Wildman–Crippen MR) is 53.9 cm³/mol. The molecule has 0 fully saturated rings. The fourth-order valence-corrected chi connectivity index (χ4v) is 1.24. The van der Waals surface area contributed by atoms with Crippen LogP contribution in [0, 0.1) is 0 Å². The molecule has 1 aromatic rings. The summed E-state index contributed by atoms with van der Waals surface area (Å²) in [5.74, 6) is -4.71. The lowest BCUT2D eigenvalue weighted by atomic mass is 10.1. The summed E-state index contributed by atoms with van der Waals surface area (Å²) >= 11 is 0. The fraction of sp³-hybridized carbons (Fsp3) is 0.455. The molecule has 1 rings (SSSR count). The summed E-state index contributed by atoms with van der Waals surface area (Å²) in [6, 6.07) is 7.86. The smallest absolute Gasteiger partial charge is 0.304 e. The first-order valence-corrected chi connectivity index (χ1v) is 4.97. The topological polar surface area (TPSA) is 12.0 Å². The summed E-state index contributed by atoms with van der Waals surface area (Å²) in [6.45, 7) is 0.106. The van der Waals surface area contributed by atoms with E-state index in [1.807, 2.05) is 0 Å².